The van der Waals surface area contributed by atoms with E-state index in [1.165, 1.54) is 5.56 Å². The second-order valence-corrected chi connectivity index (χ2v) is 5.75. The first-order valence-electron chi connectivity index (χ1n) is 6.32. The summed E-state index contributed by atoms with van der Waals surface area (Å²) in [4.78, 5) is 0. The summed E-state index contributed by atoms with van der Waals surface area (Å²) in [5.41, 5.74) is 8.26. The Kier molecular flexibility index (Phi) is 5.61. The Morgan fingerprint density at radius 1 is 1.19 bits per heavy atom. The lowest BCUT2D eigenvalue weighted by Gasteiger charge is -2.09. The maximum Gasteiger partial charge on any atom is 0.170 e. The Labute approximate surface area is 136 Å². The van der Waals surface area contributed by atoms with Crippen LogP contribution in [0, 0.1) is 0 Å². The zero-order chi connectivity index (χ0) is 15.2. The van der Waals surface area contributed by atoms with E-state index in [2.05, 4.69) is 32.5 Å². The number of oxime groups is 1. The van der Waals surface area contributed by atoms with Gasteiger partial charge in [0.1, 0.15) is 0 Å². The molecule has 0 radical (unpaired) electrons. The van der Waals surface area contributed by atoms with Gasteiger partial charge >= 0.3 is 0 Å². The van der Waals surface area contributed by atoms with E-state index in [4.69, 9.17) is 22.5 Å². The van der Waals surface area contributed by atoms with Crippen molar-refractivity contribution in [3.05, 3.63) is 68.7 Å². The topological polar surface area (TPSA) is 70.6 Å². The number of halogens is 2. The third-order valence-corrected chi connectivity index (χ3v) is 4.17. The fraction of sp³-hybridized carbons (Fsp3) is 0.133. The highest BCUT2D eigenvalue weighted by Crippen LogP contribution is 2.19. The van der Waals surface area contributed by atoms with Crippen molar-refractivity contribution < 1.29 is 5.21 Å². The van der Waals surface area contributed by atoms with Crippen LogP contribution in [0.3, 0.4) is 0 Å². The SMILES string of the molecule is N/C(=N/O)c1ccc(CNCc2ccccc2Br)c(Cl)c1. The first-order chi connectivity index (χ1) is 10.1. The summed E-state index contributed by atoms with van der Waals surface area (Å²) in [6.07, 6.45) is 0. The van der Waals surface area contributed by atoms with Crippen LogP contribution in [0.2, 0.25) is 5.02 Å². The molecular weight excluding hydrogens is 354 g/mol. The van der Waals surface area contributed by atoms with Crippen molar-refractivity contribution in [2.45, 2.75) is 13.1 Å². The maximum absolute atomic E-state index is 8.64. The van der Waals surface area contributed by atoms with Gasteiger partial charge in [0.2, 0.25) is 0 Å². The van der Waals surface area contributed by atoms with Crippen LogP contribution in [-0.4, -0.2) is 11.0 Å². The number of nitrogens with two attached hydrogens (primary N) is 1. The monoisotopic (exact) mass is 367 g/mol. The van der Waals surface area contributed by atoms with Crippen LogP contribution in [0.4, 0.5) is 0 Å². The molecule has 0 saturated heterocycles. The van der Waals surface area contributed by atoms with E-state index in [0.717, 1.165) is 16.6 Å². The zero-order valence-corrected chi connectivity index (χ0v) is 13.5. The number of rotatable bonds is 5. The molecule has 2 aromatic carbocycles. The molecule has 110 valence electrons. The summed E-state index contributed by atoms with van der Waals surface area (Å²) in [7, 11) is 0. The normalized spacial score (nSPS) is 11.6. The van der Waals surface area contributed by atoms with Crippen molar-refractivity contribution in [3.8, 4) is 0 Å². The number of amidine groups is 1. The molecule has 0 bridgehead atoms. The number of benzene rings is 2. The van der Waals surface area contributed by atoms with Crippen molar-refractivity contribution >= 4 is 33.4 Å². The lowest BCUT2D eigenvalue weighted by molar-refractivity contribution is 0.318. The molecule has 0 aromatic heterocycles. The Morgan fingerprint density at radius 3 is 2.57 bits per heavy atom. The highest BCUT2D eigenvalue weighted by atomic mass is 79.9. The molecule has 4 N–H and O–H groups in total. The van der Waals surface area contributed by atoms with Gasteiger partial charge in [-0.3, -0.25) is 0 Å². The zero-order valence-electron chi connectivity index (χ0n) is 11.2. The molecule has 0 aliphatic rings. The highest BCUT2D eigenvalue weighted by Gasteiger charge is 2.05. The summed E-state index contributed by atoms with van der Waals surface area (Å²) < 4.78 is 1.07. The van der Waals surface area contributed by atoms with Crippen molar-refractivity contribution in [1.82, 2.24) is 5.32 Å². The van der Waals surface area contributed by atoms with Crippen molar-refractivity contribution in [2.24, 2.45) is 10.9 Å². The van der Waals surface area contributed by atoms with Gasteiger partial charge in [-0.1, -0.05) is 63.0 Å². The summed E-state index contributed by atoms with van der Waals surface area (Å²) in [6, 6.07) is 13.4. The van der Waals surface area contributed by atoms with E-state index in [0.29, 0.717) is 17.1 Å². The van der Waals surface area contributed by atoms with Crippen LogP contribution in [0.5, 0.6) is 0 Å². The minimum atomic E-state index is 0.0459. The van der Waals surface area contributed by atoms with Crippen LogP contribution in [-0.2, 0) is 13.1 Å². The van der Waals surface area contributed by atoms with Gasteiger partial charge in [-0.2, -0.15) is 0 Å². The van der Waals surface area contributed by atoms with Gasteiger partial charge < -0.3 is 16.3 Å². The largest absolute Gasteiger partial charge is 0.409 e. The van der Waals surface area contributed by atoms with Gasteiger partial charge in [0.05, 0.1) is 0 Å². The first kappa shape index (κ1) is 15.8. The quantitative estimate of drug-likeness (QED) is 0.327. The van der Waals surface area contributed by atoms with Gasteiger partial charge in [-0.15, -0.1) is 0 Å². The lowest BCUT2D eigenvalue weighted by atomic mass is 10.1. The summed E-state index contributed by atoms with van der Waals surface area (Å²) in [6.45, 7) is 1.37. The fourth-order valence-corrected chi connectivity index (χ4v) is 2.55. The van der Waals surface area contributed by atoms with E-state index in [1.807, 2.05) is 24.3 Å². The van der Waals surface area contributed by atoms with E-state index in [1.54, 1.807) is 12.1 Å². The Bertz CT molecular complexity index is 661. The van der Waals surface area contributed by atoms with Gasteiger partial charge in [0, 0.05) is 28.1 Å². The highest BCUT2D eigenvalue weighted by molar-refractivity contribution is 9.10. The molecular formula is C15H15BrClN3O. The number of hydrogen-bond acceptors (Lipinski definition) is 3. The lowest BCUT2D eigenvalue weighted by Crippen LogP contribution is -2.15. The average Bonchev–Trinajstić information content (AvgIpc) is 2.50. The van der Waals surface area contributed by atoms with Crippen molar-refractivity contribution in [3.63, 3.8) is 0 Å². The summed E-state index contributed by atoms with van der Waals surface area (Å²) >= 11 is 9.72. The predicted octanol–water partition coefficient (Wildman–Crippen LogP) is 3.49. The Hall–Kier alpha value is -1.56. The minimum absolute atomic E-state index is 0.0459. The molecule has 0 aliphatic heterocycles. The molecule has 0 spiro atoms. The summed E-state index contributed by atoms with van der Waals surface area (Å²) in [5, 5.41) is 15.5. The van der Waals surface area contributed by atoms with Crippen LogP contribution in [0.25, 0.3) is 0 Å². The molecule has 2 rings (SSSR count). The molecule has 0 fully saturated rings. The second-order valence-electron chi connectivity index (χ2n) is 4.49. The van der Waals surface area contributed by atoms with Crippen LogP contribution < -0.4 is 11.1 Å². The van der Waals surface area contributed by atoms with Crippen molar-refractivity contribution in [1.29, 1.82) is 0 Å². The molecule has 0 atom stereocenters. The van der Waals surface area contributed by atoms with Crippen LogP contribution in [0.15, 0.2) is 52.1 Å². The van der Waals surface area contributed by atoms with Crippen molar-refractivity contribution in [2.75, 3.05) is 0 Å². The average molecular weight is 369 g/mol. The van der Waals surface area contributed by atoms with Crippen LogP contribution >= 0.6 is 27.5 Å². The predicted molar refractivity (Wildman–Crippen MR) is 88.6 cm³/mol. The smallest absolute Gasteiger partial charge is 0.170 e. The molecule has 0 heterocycles. The first-order valence-corrected chi connectivity index (χ1v) is 7.49. The summed E-state index contributed by atoms with van der Waals surface area (Å²) in [5.74, 6) is 0.0459. The number of nitrogens with one attached hydrogen (secondary N) is 1. The van der Waals surface area contributed by atoms with E-state index < -0.39 is 0 Å². The van der Waals surface area contributed by atoms with Gasteiger partial charge in [-0.25, -0.2) is 0 Å². The minimum Gasteiger partial charge on any atom is -0.409 e. The Balaban J connectivity index is 1.99. The van der Waals surface area contributed by atoms with E-state index in [9.17, 15) is 0 Å². The third-order valence-electron chi connectivity index (χ3n) is 3.05. The standard InChI is InChI=1S/C15H15BrClN3O/c16-13-4-2-1-3-11(13)8-19-9-12-6-5-10(7-14(12)17)15(18)20-21/h1-7,19,21H,8-9H2,(H2,18,20). The third kappa shape index (κ3) is 4.20. The molecule has 4 nitrogen and oxygen atoms in total. The second kappa shape index (κ2) is 7.45. The molecule has 0 unspecified atom stereocenters. The van der Waals surface area contributed by atoms with E-state index in [-0.39, 0.29) is 5.84 Å². The van der Waals surface area contributed by atoms with Gasteiger partial charge in [0.15, 0.2) is 5.84 Å². The number of hydrogen-bond donors (Lipinski definition) is 3. The molecule has 21 heavy (non-hydrogen) atoms. The molecule has 0 saturated carbocycles. The molecule has 0 aliphatic carbocycles. The fourth-order valence-electron chi connectivity index (χ4n) is 1.88. The maximum atomic E-state index is 8.64. The Morgan fingerprint density at radius 2 is 1.90 bits per heavy atom. The molecule has 6 heteroatoms. The number of nitrogens with zero attached hydrogens (tertiary/aromatic N) is 1. The van der Waals surface area contributed by atoms with E-state index >= 15 is 0 Å². The van der Waals surface area contributed by atoms with Gasteiger partial charge in [-0.05, 0) is 23.3 Å². The molecule has 2 aromatic rings. The van der Waals surface area contributed by atoms with Gasteiger partial charge in [0.25, 0.3) is 0 Å². The molecule has 0 amide bonds. The van der Waals surface area contributed by atoms with Crippen LogP contribution in [0.1, 0.15) is 16.7 Å².